The standard InChI is InChI=1S/C7H7F3N2O/c1-12(2)4-5(3-11)6(13)7(8,9)10/h4H,1-2H3/b5-4+. The lowest BCUT2D eigenvalue weighted by atomic mass is 10.2. The zero-order valence-corrected chi connectivity index (χ0v) is 7.01. The van der Waals surface area contributed by atoms with Gasteiger partial charge in [-0.3, -0.25) is 4.79 Å². The molecule has 3 nitrogen and oxygen atoms in total. The lowest BCUT2D eigenvalue weighted by Gasteiger charge is -2.07. The van der Waals surface area contributed by atoms with Crippen molar-refractivity contribution in [3.8, 4) is 6.07 Å². The van der Waals surface area contributed by atoms with Crippen molar-refractivity contribution in [1.29, 1.82) is 5.26 Å². The molecular weight excluding hydrogens is 185 g/mol. The van der Waals surface area contributed by atoms with Crippen LogP contribution in [0, 0.1) is 11.3 Å². The minimum Gasteiger partial charge on any atom is -0.382 e. The predicted octanol–water partition coefficient (Wildman–Crippen LogP) is 1.09. The lowest BCUT2D eigenvalue weighted by Crippen LogP contribution is -2.25. The van der Waals surface area contributed by atoms with Crippen LogP contribution in [0.4, 0.5) is 13.2 Å². The summed E-state index contributed by atoms with van der Waals surface area (Å²) in [5.74, 6) is -2.12. The Morgan fingerprint density at radius 1 is 1.46 bits per heavy atom. The third-order valence-corrected chi connectivity index (χ3v) is 1.01. The second-order valence-electron chi connectivity index (χ2n) is 2.45. The summed E-state index contributed by atoms with van der Waals surface area (Å²) >= 11 is 0. The maximum atomic E-state index is 11.8. The lowest BCUT2D eigenvalue weighted by molar-refractivity contribution is -0.166. The number of carbonyl (C=O) groups is 1. The minimum atomic E-state index is -4.99. The number of hydrogen-bond acceptors (Lipinski definition) is 3. The molecule has 0 aromatic rings. The topological polar surface area (TPSA) is 44.1 Å². The molecule has 0 aromatic heterocycles. The van der Waals surface area contributed by atoms with Crippen LogP contribution in [0.5, 0.6) is 0 Å². The van der Waals surface area contributed by atoms with E-state index < -0.39 is 17.5 Å². The van der Waals surface area contributed by atoms with E-state index in [1.165, 1.54) is 25.1 Å². The van der Waals surface area contributed by atoms with Gasteiger partial charge in [0.1, 0.15) is 11.6 Å². The van der Waals surface area contributed by atoms with Gasteiger partial charge in [0, 0.05) is 20.3 Å². The molecule has 0 N–H and O–H groups in total. The van der Waals surface area contributed by atoms with Gasteiger partial charge in [0.25, 0.3) is 5.78 Å². The van der Waals surface area contributed by atoms with Crippen LogP contribution < -0.4 is 0 Å². The maximum Gasteiger partial charge on any atom is 0.455 e. The summed E-state index contributed by atoms with van der Waals surface area (Å²) < 4.78 is 35.3. The summed E-state index contributed by atoms with van der Waals surface area (Å²) in [7, 11) is 2.84. The first-order chi connectivity index (χ1) is 5.79. The maximum absolute atomic E-state index is 11.8. The Balaban J connectivity index is 4.85. The number of rotatable bonds is 2. The molecule has 0 saturated heterocycles. The largest absolute Gasteiger partial charge is 0.455 e. The van der Waals surface area contributed by atoms with Crippen molar-refractivity contribution < 1.29 is 18.0 Å². The number of nitriles is 1. The van der Waals surface area contributed by atoms with Crippen LogP contribution in [-0.2, 0) is 4.79 Å². The third kappa shape index (κ3) is 3.60. The van der Waals surface area contributed by atoms with Gasteiger partial charge in [-0.25, -0.2) is 0 Å². The van der Waals surface area contributed by atoms with E-state index in [0.29, 0.717) is 0 Å². The molecule has 0 heterocycles. The average molecular weight is 192 g/mol. The number of allylic oxidation sites excluding steroid dienone is 1. The molecule has 0 aromatic carbocycles. The van der Waals surface area contributed by atoms with Crippen LogP contribution in [-0.4, -0.2) is 31.0 Å². The van der Waals surface area contributed by atoms with Crippen molar-refractivity contribution in [2.75, 3.05) is 14.1 Å². The Labute approximate surface area is 73.0 Å². The first-order valence-electron chi connectivity index (χ1n) is 3.19. The number of nitrogens with zero attached hydrogens (tertiary/aromatic N) is 2. The fraction of sp³-hybridized carbons (Fsp3) is 0.429. The molecule has 0 saturated carbocycles. The molecule has 0 unspecified atom stereocenters. The SMILES string of the molecule is CN(C)/C=C(\C#N)C(=O)C(F)(F)F. The number of hydrogen-bond donors (Lipinski definition) is 0. The van der Waals surface area contributed by atoms with E-state index in [4.69, 9.17) is 5.26 Å². The molecule has 0 amide bonds. The molecule has 6 heteroatoms. The number of ketones is 1. The molecule has 0 rings (SSSR count). The van der Waals surface area contributed by atoms with Crippen LogP contribution in [0.3, 0.4) is 0 Å². The highest BCUT2D eigenvalue weighted by molar-refractivity contribution is 6.02. The summed E-state index contributed by atoms with van der Waals surface area (Å²) in [6, 6.07) is 1.19. The van der Waals surface area contributed by atoms with E-state index in [9.17, 15) is 18.0 Å². The second kappa shape index (κ2) is 3.94. The molecule has 0 aliphatic heterocycles. The van der Waals surface area contributed by atoms with Gasteiger partial charge < -0.3 is 4.90 Å². The molecule has 0 spiro atoms. The van der Waals surface area contributed by atoms with E-state index in [1.54, 1.807) is 0 Å². The van der Waals surface area contributed by atoms with Crippen LogP contribution in [0.25, 0.3) is 0 Å². The number of carbonyl (C=O) groups excluding carboxylic acids is 1. The Kier molecular flexibility index (Phi) is 3.48. The van der Waals surface area contributed by atoms with Gasteiger partial charge in [-0.05, 0) is 0 Å². The Hall–Kier alpha value is -1.51. The van der Waals surface area contributed by atoms with Crippen molar-refractivity contribution in [2.24, 2.45) is 0 Å². The van der Waals surface area contributed by atoms with Crippen LogP contribution in [0.1, 0.15) is 0 Å². The molecular formula is C7H7F3N2O. The van der Waals surface area contributed by atoms with Crippen LogP contribution in [0.2, 0.25) is 0 Å². The molecule has 0 bridgehead atoms. The van der Waals surface area contributed by atoms with E-state index in [2.05, 4.69) is 0 Å². The van der Waals surface area contributed by atoms with E-state index in [-0.39, 0.29) is 0 Å². The molecule has 0 aliphatic carbocycles. The van der Waals surface area contributed by atoms with Crippen molar-refractivity contribution in [3.05, 3.63) is 11.8 Å². The fourth-order valence-corrected chi connectivity index (χ4v) is 0.549. The monoisotopic (exact) mass is 192 g/mol. The van der Waals surface area contributed by atoms with Gasteiger partial charge >= 0.3 is 6.18 Å². The molecule has 13 heavy (non-hydrogen) atoms. The summed E-state index contributed by atoms with van der Waals surface area (Å²) in [4.78, 5) is 11.7. The highest BCUT2D eigenvalue weighted by Gasteiger charge is 2.40. The quantitative estimate of drug-likeness (QED) is 0.485. The summed E-state index contributed by atoms with van der Waals surface area (Å²) in [5, 5.41) is 8.24. The van der Waals surface area contributed by atoms with Crippen molar-refractivity contribution in [3.63, 3.8) is 0 Å². The normalized spacial score (nSPS) is 12.2. The highest BCUT2D eigenvalue weighted by atomic mass is 19.4. The highest BCUT2D eigenvalue weighted by Crippen LogP contribution is 2.20. The first-order valence-corrected chi connectivity index (χ1v) is 3.19. The Bertz CT molecular complexity index is 272. The van der Waals surface area contributed by atoms with Crippen molar-refractivity contribution in [1.82, 2.24) is 4.90 Å². The average Bonchev–Trinajstić information content (AvgIpc) is 1.96. The number of Topliss-reactive ketones (excluding diaryl/α,β-unsaturated/α-hetero) is 1. The summed E-state index contributed by atoms with van der Waals surface area (Å²) in [5.41, 5.74) is -0.919. The van der Waals surface area contributed by atoms with E-state index in [0.717, 1.165) is 6.20 Å². The summed E-state index contributed by atoms with van der Waals surface area (Å²) in [6.07, 6.45) is -4.16. The smallest absolute Gasteiger partial charge is 0.382 e. The van der Waals surface area contributed by atoms with Gasteiger partial charge in [0.05, 0.1) is 0 Å². The van der Waals surface area contributed by atoms with Crippen LogP contribution >= 0.6 is 0 Å². The zero-order chi connectivity index (χ0) is 10.6. The van der Waals surface area contributed by atoms with E-state index in [1.807, 2.05) is 0 Å². The molecule has 0 atom stereocenters. The van der Waals surface area contributed by atoms with Gasteiger partial charge in [0.2, 0.25) is 0 Å². The second-order valence-corrected chi connectivity index (χ2v) is 2.45. The molecule has 0 aliphatic rings. The molecule has 72 valence electrons. The van der Waals surface area contributed by atoms with Crippen molar-refractivity contribution in [2.45, 2.75) is 6.18 Å². The predicted molar refractivity (Wildman–Crippen MR) is 38.4 cm³/mol. The molecule has 0 radical (unpaired) electrons. The number of halogens is 3. The van der Waals surface area contributed by atoms with E-state index >= 15 is 0 Å². The Morgan fingerprint density at radius 2 is 1.92 bits per heavy atom. The molecule has 0 fully saturated rings. The number of alkyl halides is 3. The van der Waals surface area contributed by atoms with Gasteiger partial charge in [-0.2, -0.15) is 18.4 Å². The summed E-state index contributed by atoms with van der Waals surface area (Å²) in [6.45, 7) is 0. The first kappa shape index (κ1) is 11.5. The van der Waals surface area contributed by atoms with Crippen molar-refractivity contribution >= 4 is 5.78 Å². The zero-order valence-electron chi connectivity index (χ0n) is 7.01. The van der Waals surface area contributed by atoms with Gasteiger partial charge in [-0.1, -0.05) is 0 Å². The Morgan fingerprint density at radius 3 is 2.15 bits per heavy atom. The fourth-order valence-electron chi connectivity index (χ4n) is 0.549. The van der Waals surface area contributed by atoms with Crippen LogP contribution in [0.15, 0.2) is 11.8 Å². The minimum absolute atomic E-state index is 0.829. The third-order valence-electron chi connectivity index (χ3n) is 1.01. The van der Waals surface area contributed by atoms with Gasteiger partial charge in [-0.15, -0.1) is 0 Å². The van der Waals surface area contributed by atoms with Gasteiger partial charge in [0.15, 0.2) is 0 Å².